The first-order chi connectivity index (χ1) is 8.97. The second-order valence-corrected chi connectivity index (χ2v) is 3.88. The molecule has 0 saturated carbocycles. The molecule has 0 aliphatic heterocycles. The van der Waals surface area contributed by atoms with Crippen LogP contribution >= 0.6 is 0 Å². The monoisotopic (exact) mass is 263 g/mol. The number of nitrogens with zero attached hydrogens (tertiary/aromatic N) is 2. The number of nitrogens with two attached hydrogens (primary N) is 1. The van der Waals surface area contributed by atoms with Gasteiger partial charge in [-0.05, 0) is 24.6 Å². The van der Waals surface area contributed by atoms with Crippen molar-refractivity contribution in [3.8, 4) is 11.6 Å². The van der Waals surface area contributed by atoms with Gasteiger partial charge in [0.1, 0.15) is 5.75 Å². The van der Waals surface area contributed by atoms with Gasteiger partial charge in [-0.1, -0.05) is 0 Å². The number of pyridine rings is 1. The number of rotatable bonds is 3. The van der Waals surface area contributed by atoms with Crippen molar-refractivity contribution in [3.63, 3.8) is 0 Å². The number of nitrogen functional groups attached to an aromatic ring is 1. The minimum absolute atomic E-state index is 0.0890. The van der Waals surface area contributed by atoms with E-state index in [1.54, 1.807) is 12.3 Å². The quantitative estimate of drug-likeness (QED) is 0.679. The van der Waals surface area contributed by atoms with E-state index in [-0.39, 0.29) is 11.6 Å². The normalized spacial score (nSPS) is 10.2. The third kappa shape index (κ3) is 2.76. The molecule has 1 heterocycles. The third-order valence-corrected chi connectivity index (χ3v) is 2.35. The third-order valence-electron chi connectivity index (χ3n) is 2.35. The lowest BCUT2D eigenvalue weighted by atomic mass is 10.3. The van der Waals surface area contributed by atoms with E-state index in [9.17, 15) is 14.5 Å². The number of anilines is 1. The van der Waals surface area contributed by atoms with E-state index in [0.717, 1.165) is 17.7 Å². The number of hydrogen-bond acceptors (Lipinski definition) is 5. The number of hydrogen-bond donors (Lipinski definition) is 1. The molecule has 0 bridgehead atoms. The first-order valence-corrected chi connectivity index (χ1v) is 5.31. The highest BCUT2D eigenvalue weighted by molar-refractivity contribution is 5.51. The summed E-state index contributed by atoms with van der Waals surface area (Å²) in [5.74, 6) is -0.766. The highest BCUT2D eigenvalue weighted by Crippen LogP contribution is 2.28. The molecule has 6 nitrogen and oxygen atoms in total. The first kappa shape index (κ1) is 12.7. The van der Waals surface area contributed by atoms with Gasteiger partial charge in [0.2, 0.25) is 11.7 Å². The van der Waals surface area contributed by atoms with E-state index < -0.39 is 16.4 Å². The lowest BCUT2D eigenvalue weighted by Crippen LogP contribution is -1.97. The number of aryl methyl sites for hydroxylation is 1. The van der Waals surface area contributed by atoms with Crippen LogP contribution in [0.25, 0.3) is 0 Å². The second-order valence-electron chi connectivity index (χ2n) is 3.88. The van der Waals surface area contributed by atoms with Crippen LogP contribution in [0, 0.1) is 22.9 Å². The van der Waals surface area contributed by atoms with Gasteiger partial charge in [0.05, 0.1) is 10.6 Å². The van der Waals surface area contributed by atoms with Crippen LogP contribution in [-0.4, -0.2) is 9.91 Å². The van der Waals surface area contributed by atoms with Crippen molar-refractivity contribution in [2.75, 3.05) is 5.73 Å². The van der Waals surface area contributed by atoms with Gasteiger partial charge >= 0.3 is 5.69 Å². The maximum atomic E-state index is 13.4. The van der Waals surface area contributed by atoms with Crippen molar-refractivity contribution in [1.82, 2.24) is 4.98 Å². The highest BCUT2D eigenvalue weighted by atomic mass is 19.1. The first-order valence-electron chi connectivity index (χ1n) is 5.31. The Labute approximate surface area is 107 Å². The van der Waals surface area contributed by atoms with Crippen molar-refractivity contribution in [2.45, 2.75) is 6.92 Å². The number of halogens is 1. The number of aromatic nitrogens is 1. The number of nitro benzene ring substituents is 1. The molecule has 0 spiro atoms. The zero-order chi connectivity index (χ0) is 14.0. The van der Waals surface area contributed by atoms with Crippen LogP contribution in [0.15, 0.2) is 30.5 Å². The van der Waals surface area contributed by atoms with Crippen molar-refractivity contribution in [1.29, 1.82) is 0 Å². The molecule has 0 unspecified atom stereocenters. The van der Waals surface area contributed by atoms with Crippen LogP contribution in [0.5, 0.6) is 11.6 Å². The Balaban J connectivity index is 2.29. The minimum atomic E-state index is -0.979. The Morgan fingerprint density at radius 2 is 2.16 bits per heavy atom. The van der Waals surface area contributed by atoms with E-state index in [2.05, 4.69) is 4.98 Å². The van der Waals surface area contributed by atoms with Gasteiger partial charge in [0.25, 0.3) is 0 Å². The molecule has 0 atom stereocenters. The summed E-state index contributed by atoms with van der Waals surface area (Å²) >= 11 is 0. The SMILES string of the molecule is Cc1cnc(Oc2ccc([N+](=O)[O-])c(F)c2)c(N)c1. The van der Waals surface area contributed by atoms with Gasteiger partial charge < -0.3 is 10.5 Å². The van der Waals surface area contributed by atoms with Gasteiger partial charge in [-0.25, -0.2) is 4.98 Å². The van der Waals surface area contributed by atoms with E-state index in [0.29, 0.717) is 5.69 Å². The van der Waals surface area contributed by atoms with Crippen LogP contribution < -0.4 is 10.5 Å². The van der Waals surface area contributed by atoms with E-state index in [1.807, 2.05) is 6.92 Å². The molecule has 0 aliphatic rings. The van der Waals surface area contributed by atoms with Crippen LogP contribution in [0.1, 0.15) is 5.56 Å². The molecule has 2 aromatic rings. The molecule has 1 aromatic carbocycles. The van der Waals surface area contributed by atoms with Crippen LogP contribution in [0.3, 0.4) is 0 Å². The predicted octanol–water partition coefficient (Wildman–Crippen LogP) is 2.81. The standard InChI is InChI=1S/C12H10FN3O3/c1-7-4-10(14)12(15-6-7)19-8-2-3-11(16(17)18)9(13)5-8/h2-6H,14H2,1H3. The van der Waals surface area contributed by atoms with Crippen molar-refractivity contribution in [2.24, 2.45) is 0 Å². The summed E-state index contributed by atoms with van der Waals surface area (Å²) in [5, 5.41) is 10.5. The molecule has 0 fully saturated rings. The molecule has 0 radical (unpaired) electrons. The zero-order valence-electron chi connectivity index (χ0n) is 9.96. The molecular formula is C12H10FN3O3. The fraction of sp³-hybridized carbons (Fsp3) is 0.0833. The smallest absolute Gasteiger partial charge is 0.305 e. The predicted molar refractivity (Wildman–Crippen MR) is 66.5 cm³/mol. The summed E-state index contributed by atoms with van der Waals surface area (Å²) in [4.78, 5) is 13.6. The molecule has 0 aliphatic carbocycles. The summed E-state index contributed by atoms with van der Waals surface area (Å²) in [6.45, 7) is 1.82. The maximum absolute atomic E-state index is 13.4. The summed E-state index contributed by atoms with van der Waals surface area (Å²) in [6, 6.07) is 4.88. The van der Waals surface area contributed by atoms with Crippen molar-refractivity contribution in [3.05, 3.63) is 52.0 Å². The minimum Gasteiger partial charge on any atom is -0.437 e. The molecule has 19 heavy (non-hydrogen) atoms. The second kappa shape index (κ2) is 4.89. The Bertz CT molecular complexity index is 646. The molecule has 2 rings (SSSR count). The lowest BCUT2D eigenvalue weighted by molar-refractivity contribution is -0.387. The maximum Gasteiger partial charge on any atom is 0.305 e. The van der Waals surface area contributed by atoms with Gasteiger partial charge in [-0.15, -0.1) is 0 Å². The van der Waals surface area contributed by atoms with Gasteiger partial charge in [-0.2, -0.15) is 4.39 Å². The highest BCUT2D eigenvalue weighted by Gasteiger charge is 2.15. The van der Waals surface area contributed by atoms with Crippen LogP contribution in [-0.2, 0) is 0 Å². The Hall–Kier alpha value is -2.70. The number of benzene rings is 1. The largest absolute Gasteiger partial charge is 0.437 e. The Morgan fingerprint density at radius 1 is 1.42 bits per heavy atom. The fourth-order valence-corrected chi connectivity index (χ4v) is 1.48. The molecule has 2 N–H and O–H groups in total. The summed E-state index contributed by atoms with van der Waals surface area (Å²) in [6.07, 6.45) is 1.55. The van der Waals surface area contributed by atoms with Crippen molar-refractivity contribution < 1.29 is 14.1 Å². The van der Waals surface area contributed by atoms with E-state index in [4.69, 9.17) is 10.5 Å². The van der Waals surface area contributed by atoms with Crippen LogP contribution in [0.2, 0.25) is 0 Å². The molecule has 1 aromatic heterocycles. The van der Waals surface area contributed by atoms with E-state index in [1.165, 1.54) is 6.07 Å². The average Bonchev–Trinajstić information content (AvgIpc) is 2.32. The zero-order valence-corrected chi connectivity index (χ0v) is 9.96. The molecule has 98 valence electrons. The molecular weight excluding hydrogens is 253 g/mol. The van der Waals surface area contributed by atoms with E-state index >= 15 is 0 Å². The van der Waals surface area contributed by atoms with Crippen LogP contribution in [0.4, 0.5) is 15.8 Å². The number of ether oxygens (including phenoxy) is 1. The Kier molecular flexibility index (Phi) is 3.28. The summed E-state index contributed by atoms with van der Waals surface area (Å²) in [5.41, 5.74) is 6.25. The van der Waals surface area contributed by atoms with Crippen molar-refractivity contribution >= 4 is 11.4 Å². The fourth-order valence-electron chi connectivity index (χ4n) is 1.48. The van der Waals surface area contributed by atoms with Gasteiger partial charge in [0.15, 0.2) is 0 Å². The molecule has 0 saturated heterocycles. The topological polar surface area (TPSA) is 91.3 Å². The molecule has 7 heteroatoms. The lowest BCUT2D eigenvalue weighted by Gasteiger charge is -2.07. The van der Waals surface area contributed by atoms with Gasteiger partial charge in [-0.3, -0.25) is 10.1 Å². The average molecular weight is 263 g/mol. The summed E-state index contributed by atoms with van der Waals surface area (Å²) < 4.78 is 18.7. The molecule has 0 amide bonds. The summed E-state index contributed by atoms with van der Waals surface area (Å²) in [7, 11) is 0. The Morgan fingerprint density at radius 3 is 2.74 bits per heavy atom. The number of nitro groups is 1. The van der Waals surface area contributed by atoms with Gasteiger partial charge in [0, 0.05) is 18.3 Å².